The smallest absolute Gasteiger partial charge is 0.354 e. The largest absolute Gasteiger partial charge is 0.433 e. The number of nitrogens with two attached hydrogens (primary N) is 1. The fourth-order valence-corrected chi connectivity index (χ4v) is 2.54. The average Bonchev–Trinajstić information content (AvgIpc) is 2.37. The maximum atomic E-state index is 12.8. The molecule has 0 aromatic carbocycles. The minimum atomic E-state index is -4.52. The maximum Gasteiger partial charge on any atom is 0.433 e. The molecule has 2 atom stereocenters. The topological polar surface area (TPSA) is 67.1 Å². The zero-order chi connectivity index (χ0) is 14.9. The fraction of sp³-hybridized carbons (Fsp3) is 0.667. The van der Waals surface area contributed by atoms with Gasteiger partial charge >= 0.3 is 6.18 Å². The SMILES string of the molecule is CC1CCN(c2cc(C(F)(F)F)nc(NN)n2)C(C)C1. The summed E-state index contributed by atoms with van der Waals surface area (Å²) in [6, 6.07) is 1.12. The molecule has 5 nitrogen and oxygen atoms in total. The van der Waals surface area contributed by atoms with Crippen LogP contribution in [0.25, 0.3) is 0 Å². The normalized spacial score (nSPS) is 23.8. The van der Waals surface area contributed by atoms with Crippen LogP contribution in [0.2, 0.25) is 0 Å². The van der Waals surface area contributed by atoms with E-state index in [9.17, 15) is 13.2 Å². The Morgan fingerprint density at radius 2 is 2.05 bits per heavy atom. The minimum absolute atomic E-state index is 0.139. The molecular weight excluding hydrogens is 271 g/mol. The highest BCUT2D eigenvalue weighted by Crippen LogP contribution is 2.33. The minimum Gasteiger partial charge on any atom is -0.354 e. The molecule has 0 radical (unpaired) electrons. The monoisotopic (exact) mass is 289 g/mol. The van der Waals surface area contributed by atoms with Crippen molar-refractivity contribution >= 4 is 11.8 Å². The number of nitrogens with zero attached hydrogens (tertiary/aromatic N) is 3. The zero-order valence-corrected chi connectivity index (χ0v) is 11.4. The summed E-state index contributed by atoms with van der Waals surface area (Å²) in [6.07, 6.45) is -2.66. The summed E-state index contributed by atoms with van der Waals surface area (Å²) in [5.41, 5.74) is 1.11. The number of nitrogens with one attached hydrogen (secondary N) is 1. The first-order valence-corrected chi connectivity index (χ1v) is 6.50. The molecule has 1 aromatic rings. The summed E-state index contributed by atoms with van der Waals surface area (Å²) in [6.45, 7) is 4.81. The van der Waals surface area contributed by atoms with E-state index < -0.39 is 11.9 Å². The molecule has 2 heterocycles. The first-order chi connectivity index (χ1) is 9.31. The lowest BCUT2D eigenvalue weighted by atomic mass is 9.93. The quantitative estimate of drug-likeness (QED) is 0.646. The van der Waals surface area contributed by atoms with Crippen molar-refractivity contribution in [2.75, 3.05) is 16.9 Å². The van der Waals surface area contributed by atoms with E-state index in [2.05, 4.69) is 22.3 Å². The lowest BCUT2D eigenvalue weighted by Gasteiger charge is -2.37. The Bertz CT molecular complexity index is 477. The number of hydrazine groups is 1. The molecule has 2 rings (SSSR count). The number of alkyl halides is 3. The summed E-state index contributed by atoms with van der Waals surface area (Å²) in [5.74, 6) is 5.77. The number of hydrogen-bond donors (Lipinski definition) is 2. The van der Waals surface area contributed by atoms with E-state index in [1.54, 1.807) is 0 Å². The van der Waals surface area contributed by atoms with Gasteiger partial charge in [0.05, 0.1) is 0 Å². The second-order valence-corrected chi connectivity index (χ2v) is 5.25. The third-order valence-electron chi connectivity index (χ3n) is 3.56. The fourth-order valence-electron chi connectivity index (χ4n) is 2.54. The van der Waals surface area contributed by atoms with Crippen LogP contribution >= 0.6 is 0 Å². The van der Waals surface area contributed by atoms with Crippen LogP contribution in [0.3, 0.4) is 0 Å². The van der Waals surface area contributed by atoms with Crippen molar-refractivity contribution in [3.63, 3.8) is 0 Å². The van der Waals surface area contributed by atoms with Gasteiger partial charge in [0, 0.05) is 18.7 Å². The highest BCUT2D eigenvalue weighted by atomic mass is 19.4. The Morgan fingerprint density at radius 1 is 1.35 bits per heavy atom. The Kier molecular flexibility index (Phi) is 4.03. The summed E-state index contributed by atoms with van der Waals surface area (Å²) < 4.78 is 38.5. The van der Waals surface area contributed by atoms with Crippen LogP contribution in [0, 0.1) is 5.92 Å². The summed E-state index contributed by atoms with van der Waals surface area (Å²) >= 11 is 0. The van der Waals surface area contributed by atoms with Crippen LogP contribution in [-0.2, 0) is 6.18 Å². The lowest BCUT2D eigenvalue weighted by Crippen LogP contribution is -2.41. The van der Waals surface area contributed by atoms with Crippen molar-refractivity contribution in [3.05, 3.63) is 11.8 Å². The molecule has 0 saturated carbocycles. The van der Waals surface area contributed by atoms with Gasteiger partial charge in [-0.1, -0.05) is 6.92 Å². The van der Waals surface area contributed by atoms with E-state index in [0.29, 0.717) is 12.5 Å². The van der Waals surface area contributed by atoms with Gasteiger partial charge in [-0.25, -0.2) is 10.8 Å². The molecular formula is C12H18F3N5. The van der Waals surface area contributed by atoms with Crippen molar-refractivity contribution in [2.24, 2.45) is 11.8 Å². The molecule has 0 aliphatic carbocycles. The molecule has 1 fully saturated rings. The van der Waals surface area contributed by atoms with Gasteiger partial charge in [0.25, 0.3) is 0 Å². The highest BCUT2D eigenvalue weighted by molar-refractivity contribution is 5.46. The van der Waals surface area contributed by atoms with E-state index in [0.717, 1.165) is 18.9 Å². The number of hydrogen-bond acceptors (Lipinski definition) is 5. The average molecular weight is 289 g/mol. The second-order valence-electron chi connectivity index (χ2n) is 5.25. The van der Waals surface area contributed by atoms with E-state index in [-0.39, 0.29) is 17.8 Å². The lowest BCUT2D eigenvalue weighted by molar-refractivity contribution is -0.141. The van der Waals surface area contributed by atoms with Crippen molar-refractivity contribution in [2.45, 2.75) is 38.9 Å². The Balaban J connectivity index is 2.36. The molecule has 2 unspecified atom stereocenters. The van der Waals surface area contributed by atoms with Crippen molar-refractivity contribution in [1.29, 1.82) is 0 Å². The van der Waals surface area contributed by atoms with Crippen molar-refractivity contribution < 1.29 is 13.2 Å². The van der Waals surface area contributed by atoms with Gasteiger partial charge in [-0.3, -0.25) is 5.43 Å². The van der Waals surface area contributed by atoms with Gasteiger partial charge in [-0.15, -0.1) is 0 Å². The van der Waals surface area contributed by atoms with Crippen LogP contribution in [0.15, 0.2) is 6.07 Å². The first-order valence-electron chi connectivity index (χ1n) is 6.50. The standard InChI is InChI=1S/C12H18F3N5/c1-7-3-4-20(8(2)5-7)10-6-9(12(13,14)15)17-11(18-10)19-16/h6-8H,3-5,16H2,1-2H3,(H,17,18,19). The van der Waals surface area contributed by atoms with Gasteiger partial charge in [0.1, 0.15) is 5.82 Å². The van der Waals surface area contributed by atoms with Crippen molar-refractivity contribution in [3.8, 4) is 0 Å². The summed E-state index contributed by atoms with van der Waals surface area (Å²) in [4.78, 5) is 9.28. The number of piperidine rings is 1. The van der Waals surface area contributed by atoms with Crippen LogP contribution in [0.4, 0.5) is 24.9 Å². The van der Waals surface area contributed by atoms with Crippen LogP contribution in [-0.4, -0.2) is 22.6 Å². The van der Waals surface area contributed by atoms with E-state index in [1.165, 1.54) is 0 Å². The Hall–Kier alpha value is -1.57. The number of aromatic nitrogens is 2. The number of anilines is 2. The molecule has 112 valence electrons. The van der Waals surface area contributed by atoms with Gasteiger partial charge in [-0.2, -0.15) is 18.2 Å². The van der Waals surface area contributed by atoms with E-state index in [1.807, 2.05) is 11.8 Å². The Labute approximate surface area is 115 Å². The molecule has 3 N–H and O–H groups in total. The van der Waals surface area contributed by atoms with E-state index >= 15 is 0 Å². The molecule has 1 aromatic heterocycles. The summed E-state index contributed by atoms with van der Waals surface area (Å²) in [7, 11) is 0. The first kappa shape index (κ1) is 14.8. The molecule has 8 heteroatoms. The molecule has 1 saturated heterocycles. The molecule has 20 heavy (non-hydrogen) atoms. The zero-order valence-electron chi connectivity index (χ0n) is 11.4. The third kappa shape index (κ3) is 3.12. The predicted molar refractivity (Wildman–Crippen MR) is 70.1 cm³/mol. The molecule has 1 aliphatic heterocycles. The van der Waals surface area contributed by atoms with Crippen LogP contribution in [0.1, 0.15) is 32.4 Å². The maximum absolute atomic E-state index is 12.8. The van der Waals surface area contributed by atoms with Crippen molar-refractivity contribution in [1.82, 2.24) is 9.97 Å². The van der Waals surface area contributed by atoms with Gasteiger partial charge < -0.3 is 4.90 Å². The van der Waals surface area contributed by atoms with Gasteiger partial charge in [0.2, 0.25) is 5.95 Å². The number of nitrogen functional groups attached to an aromatic ring is 1. The molecule has 0 spiro atoms. The molecule has 0 bridgehead atoms. The third-order valence-corrected chi connectivity index (χ3v) is 3.56. The molecule has 1 aliphatic rings. The van der Waals surface area contributed by atoms with Gasteiger partial charge in [0.15, 0.2) is 5.69 Å². The second kappa shape index (κ2) is 5.43. The van der Waals surface area contributed by atoms with Crippen LogP contribution in [0.5, 0.6) is 0 Å². The van der Waals surface area contributed by atoms with E-state index in [4.69, 9.17) is 5.84 Å². The predicted octanol–water partition coefficient (Wildman–Crippen LogP) is 2.41. The summed E-state index contributed by atoms with van der Waals surface area (Å²) in [5, 5.41) is 0. The number of rotatable bonds is 2. The number of halogens is 3. The van der Waals surface area contributed by atoms with Crippen LogP contribution < -0.4 is 16.2 Å². The Morgan fingerprint density at radius 3 is 2.60 bits per heavy atom. The van der Waals surface area contributed by atoms with Gasteiger partial charge in [-0.05, 0) is 25.7 Å². The highest BCUT2D eigenvalue weighted by Gasteiger charge is 2.35. The molecule has 0 amide bonds.